The van der Waals surface area contributed by atoms with Crippen molar-refractivity contribution in [2.45, 2.75) is 12.8 Å². The van der Waals surface area contributed by atoms with Crippen LogP contribution >= 0.6 is 0 Å². The van der Waals surface area contributed by atoms with Crippen LogP contribution < -0.4 is 5.32 Å². The second kappa shape index (κ2) is 6.92. The molecule has 0 bridgehead atoms. The monoisotopic (exact) mass is 288 g/mol. The third-order valence-electron chi connectivity index (χ3n) is 3.77. The Balaban J connectivity index is 1.78. The van der Waals surface area contributed by atoms with Crippen molar-refractivity contribution in [3.05, 3.63) is 42.5 Å². The molecule has 5 heteroatoms. The summed E-state index contributed by atoms with van der Waals surface area (Å²) in [5, 5.41) is 11.8. The maximum Gasteiger partial charge on any atom is 0.317 e. The van der Waals surface area contributed by atoms with Gasteiger partial charge in [-0.15, -0.1) is 0 Å². The number of urea groups is 1. The van der Waals surface area contributed by atoms with Crippen LogP contribution in [0.4, 0.5) is 4.79 Å². The lowest BCUT2D eigenvalue weighted by molar-refractivity contribution is -0.143. The highest BCUT2D eigenvalue weighted by atomic mass is 16.4. The summed E-state index contributed by atoms with van der Waals surface area (Å²) in [7, 11) is 0. The van der Waals surface area contributed by atoms with Crippen LogP contribution in [-0.2, 0) is 4.79 Å². The molecular formula is C16H20N2O3. The van der Waals surface area contributed by atoms with Gasteiger partial charge in [-0.05, 0) is 24.0 Å². The van der Waals surface area contributed by atoms with Gasteiger partial charge in [0.15, 0.2) is 0 Å². The van der Waals surface area contributed by atoms with Crippen molar-refractivity contribution in [3.63, 3.8) is 0 Å². The number of nitrogens with zero attached hydrogens (tertiary/aromatic N) is 1. The van der Waals surface area contributed by atoms with Gasteiger partial charge < -0.3 is 15.3 Å². The Hall–Kier alpha value is -2.30. The topological polar surface area (TPSA) is 69.6 Å². The summed E-state index contributed by atoms with van der Waals surface area (Å²) in [4.78, 5) is 24.6. The van der Waals surface area contributed by atoms with E-state index in [9.17, 15) is 9.59 Å². The molecule has 1 aromatic carbocycles. The van der Waals surface area contributed by atoms with E-state index in [0.717, 1.165) is 11.1 Å². The van der Waals surface area contributed by atoms with Gasteiger partial charge in [-0.3, -0.25) is 4.79 Å². The summed E-state index contributed by atoms with van der Waals surface area (Å²) >= 11 is 0. The number of likely N-dealkylation sites (tertiary alicyclic amines) is 1. The Morgan fingerprint density at radius 3 is 2.43 bits per heavy atom. The van der Waals surface area contributed by atoms with Crippen LogP contribution in [0.15, 0.2) is 36.9 Å². The number of hydrogen-bond acceptors (Lipinski definition) is 2. The molecule has 0 aliphatic carbocycles. The lowest BCUT2D eigenvalue weighted by Gasteiger charge is -2.30. The summed E-state index contributed by atoms with van der Waals surface area (Å²) in [6.07, 6.45) is 1.03. The lowest BCUT2D eigenvalue weighted by atomic mass is 9.97. The SMILES string of the molecule is C=C(CNC(=O)N1CCC(C(=O)O)CC1)c1ccccc1. The molecule has 5 nitrogen and oxygen atoms in total. The average Bonchev–Trinajstić information content (AvgIpc) is 2.53. The van der Waals surface area contributed by atoms with Gasteiger partial charge in [0.2, 0.25) is 0 Å². The minimum atomic E-state index is -0.771. The highest BCUT2D eigenvalue weighted by molar-refractivity contribution is 5.78. The molecule has 1 saturated heterocycles. The summed E-state index contributed by atoms with van der Waals surface area (Å²) in [6, 6.07) is 9.54. The Bertz CT molecular complexity index is 520. The maximum atomic E-state index is 12.0. The predicted molar refractivity (Wildman–Crippen MR) is 80.8 cm³/mol. The molecule has 1 heterocycles. The van der Waals surface area contributed by atoms with Crippen molar-refractivity contribution in [1.29, 1.82) is 0 Å². The molecule has 2 N–H and O–H groups in total. The van der Waals surface area contributed by atoms with Gasteiger partial charge in [0.25, 0.3) is 0 Å². The van der Waals surface area contributed by atoms with Gasteiger partial charge >= 0.3 is 12.0 Å². The van der Waals surface area contributed by atoms with E-state index >= 15 is 0 Å². The van der Waals surface area contributed by atoms with Crippen LogP contribution in [0.1, 0.15) is 18.4 Å². The molecule has 0 atom stereocenters. The smallest absolute Gasteiger partial charge is 0.317 e. The summed E-state index contributed by atoms with van der Waals surface area (Å²) < 4.78 is 0. The zero-order chi connectivity index (χ0) is 15.2. The second-order valence-corrected chi connectivity index (χ2v) is 5.23. The normalized spacial score (nSPS) is 15.5. The van der Waals surface area contributed by atoms with Crippen molar-refractivity contribution in [3.8, 4) is 0 Å². The van der Waals surface area contributed by atoms with E-state index in [1.165, 1.54) is 0 Å². The lowest BCUT2D eigenvalue weighted by Crippen LogP contribution is -2.45. The van der Waals surface area contributed by atoms with E-state index in [4.69, 9.17) is 5.11 Å². The van der Waals surface area contributed by atoms with E-state index in [1.54, 1.807) is 4.90 Å². The number of hydrogen-bond donors (Lipinski definition) is 2. The zero-order valence-electron chi connectivity index (χ0n) is 11.9. The van der Waals surface area contributed by atoms with Crippen LogP contribution in [0.5, 0.6) is 0 Å². The molecule has 1 fully saturated rings. The molecule has 1 aliphatic heterocycles. The molecule has 2 amide bonds. The number of benzene rings is 1. The highest BCUT2D eigenvalue weighted by Gasteiger charge is 2.26. The fourth-order valence-electron chi connectivity index (χ4n) is 2.40. The largest absolute Gasteiger partial charge is 0.481 e. The Morgan fingerprint density at radius 1 is 1.24 bits per heavy atom. The van der Waals surface area contributed by atoms with Gasteiger partial charge in [0, 0.05) is 19.6 Å². The first-order valence-electron chi connectivity index (χ1n) is 7.06. The molecule has 0 saturated carbocycles. The first-order chi connectivity index (χ1) is 10.1. The number of carboxylic acids is 1. The van der Waals surface area contributed by atoms with Gasteiger partial charge in [-0.1, -0.05) is 36.9 Å². The number of carbonyl (C=O) groups is 2. The molecule has 0 aromatic heterocycles. The third-order valence-corrected chi connectivity index (χ3v) is 3.77. The molecule has 0 radical (unpaired) electrons. The molecule has 21 heavy (non-hydrogen) atoms. The standard InChI is InChI=1S/C16H20N2O3/c1-12(13-5-3-2-4-6-13)11-17-16(21)18-9-7-14(8-10-18)15(19)20/h2-6,14H,1,7-11H2,(H,17,21)(H,19,20). The summed E-state index contributed by atoms with van der Waals surface area (Å²) in [5.41, 5.74) is 1.85. The Morgan fingerprint density at radius 2 is 1.86 bits per heavy atom. The predicted octanol–water partition coefficient (Wildman–Crippen LogP) is 2.21. The van der Waals surface area contributed by atoms with Gasteiger partial charge in [0.05, 0.1) is 5.92 Å². The summed E-state index contributed by atoms with van der Waals surface area (Å²) in [5.74, 6) is -1.10. The van der Waals surface area contributed by atoms with Crippen molar-refractivity contribution < 1.29 is 14.7 Å². The first-order valence-corrected chi connectivity index (χ1v) is 7.06. The van der Waals surface area contributed by atoms with Gasteiger partial charge in [-0.25, -0.2) is 4.79 Å². The minimum Gasteiger partial charge on any atom is -0.481 e. The van der Waals surface area contributed by atoms with Crippen LogP contribution in [-0.4, -0.2) is 41.6 Å². The fraction of sp³-hybridized carbons (Fsp3) is 0.375. The van der Waals surface area contributed by atoms with Crippen molar-refractivity contribution >= 4 is 17.6 Å². The van der Waals surface area contributed by atoms with E-state index in [0.29, 0.717) is 32.5 Å². The van der Waals surface area contributed by atoms with E-state index < -0.39 is 5.97 Å². The molecular weight excluding hydrogens is 268 g/mol. The van der Waals surface area contributed by atoms with Crippen molar-refractivity contribution in [2.75, 3.05) is 19.6 Å². The van der Waals surface area contributed by atoms with E-state index in [2.05, 4.69) is 11.9 Å². The van der Waals surface area contributed by atoms with Crippen molar-refractivity contribution in [2.24, 2.45) is 5.92 Å². The number of piperidine rings is 1. The number of aliphatic carboxylic acids is 1. The maximum absolute atomic E-state index is 12.0. The van der Waals surface area contributed by atoms with Crippen LogP contribution in [0.2, 0.25) is 0 Å². The van der Waals surface area contributed by atoms with Gasteiger partial charge in [0.1, 0.15) is 0 Å². The second-order valence-electron chi connectivity index (χ2n) is 5.23. The fourth-order valence-corrected chi connectivity index (χ4v) is 2.40. The van der Waals surface area contributed by atoms with Crippen molar-refractivity contribution in [1.82, 2.24) is 10.2 Å². The quantitative estimate of drug-likeness (QED) is 0.892. The number of rotatable bonds is 4. The van der Waals surface area contributed by atoms with Crippen LogP contribution in [0, 0.1) is 5.92 Å². The molecule has 1 aromatic rings. The van der Waals surface area contributed by atoms with Crippen LogP contribution in [0.25, 0.3) is 5.57 Å². The van der Waals surface area contributed by atoms with E-state index in [-0.39, 0.29) is 11.9 Å². The average molecular weight is 288 g/mol. The first kappa shape index (κ1) is 15.1. The molecule has 2 rings (SSSR count). The number of carboxylic acid groups (broad SMARTS) is 1. The molecule has 1 aliphatic rings. The summed E-state index contributed by atoms with van der Waals surface area (Å²) in [6.45, 7) is 5.33. The van der Waals surface area contributed by atoms with Crippen LogP contribution in [0.3, 0.4) is 0 Å². The number of amides is 2. The third kappa shape index (κ3) is 4.08. The van der Waals surface area contributed by atoms with Gasteiger partial charge in [-0.2, -0.15) is 0 Å². The number of nitrogens with one attached hydrogen (secondary N) is 1. The van der Waals surface area contributed by atoms with E-state index in [1.807, 2.05) is 30.3 Å². The highest BCUT2D eigenvalue weighted by Crippen LogP contribution is 2.17. The Kier molecular flexibility index (Phi) is 4.98. The number of carbonyl (C=O) groups excluding carboxylic acids is 1. The zero-order valence-corrected chi connectivity index (χ0v) is 11.9. The molecule has 112 valence electrons. The molecule has 0 unspecified atom stereocenters. The minimum absolute atomic E-state index is 0.157. The Labute approximate surface area is 124 Å². The molecule has 0 spiro atoms.